The van der Waals surface area contributed by atoms with E-state index >= 15 is 0 Å². The molecule has 0 aromatic carbocycles. The van der Waals surface area contributed by atoms with Crippen LogP contribution in [0.25, 0.3) is 0 Å². The lowest BCUT2D eigenvalue weighted by atomic mass is 10.0. The minimum Gasteiger partial charge on any atom is -0.356 e. The third kappa shape index (κ3) is 4.58. The lowest BCUT2D eigenvalue weighted by molar-refractivity contribution is -0.121. The number of piperidine rings is 1. The highest BCUT2D eigenvalue weighted by atomic mass is 16.1. The average Bonchev–Trinajstić information content (AvgIpc) is 3.19. The molecule has 1 saturated carbocycles. The van der Waals surface area contributed by atoms with Gasteiger partial charge >= 0.3 is 0 Å². The van der Waals surface area contributed by atoms with E-state index in [-0.39, 0.29) is 5.91 Å². The van der Waals surface area contributed by atoms with Crippen molar-refractivity contribution < 1.29 is 4.79 Å². The first-order valence-electron chi connectivity index (χ1n) is 7.53. The zero-order valence-corrected chi connectivity index (χ0v) is 11.6. The van der Waals surface area contributed by atoms with Crippen LogP contribution < -0.4 is 10.6 Å². The van der Waals surface area contributed by atoms with Crippen LogP contribution in [0.4, 0.5) is 0 Å². The Bertz CT molecular complexity index is 266. The smallest absolute Gasteiger partial charge is 0.221 e. The van der Waals surface area contributed by atoms with Gasteiger partial charge in [0.25, 0.3) is 0 Å². The summed E-state index contributed by atoms with van der Waals surface area (Å²) in [5.74, 6) is 0.192. The molecular formula is C14H27N3O. The maximum Gasteiger partial charge on any atom is 0.221 e. The Morgan fingerprint density at radius 2 is 2.11 bits per heavy atom. The van der Waals surface area contributed by atoms with E-state index in [2.05, 4.69) is 15.5 Å². The summed E-state index contributed by atoms with van der Waals surface area (Å²) in [6.07, 6.45) is 7.27. The van der Waals surface area contributed by atoms with Gasteiger partial charge in [-0.25, -0.2) is 0 Å². The molecule has 0 aromatic rings. The molecule has 18 heavy (non-hydrogen) atoms. The van der Waals surface area contributed by atoms with Gasteiger partial charge < -0.3 is 10.6 Å². The van der Waals surface area contributed by atoms with Gasteiger partial charge in [-0.2, -0.15) is 0 Å². The van der Waals surface area contributed by atoms with Crippen LogP contribution in [0, 0.1) is 0 Å². The minimum absolute atomic E-state index is 0.192. The standard InChI is InChI=1S/C14H27N3O/c1-2-15-14(18)8-10-17-9-4-3-5-13(17)11-16-12-6-7-12/h12-13,16H,2-11H2,1H3,(H,15,18). The summed E-state index contributed by atoms with van der Waals surface area (Å²) in [6, 6.07) is 1.44. The van der Waals surface area contributed by atoms with Gasteiger partial charge in [-0.1, -0.05) is 6.42 Å². The van der Waals surface area contributed by atoms with Crippen molar-refractivity contribution >= 4 is 5.91 Å². The summed E-state index contributed by atoms with van der Waals surface area (Å²) in [7, 11) is 0. The van der Waals surface area contributed by atoms with Crippen LogP contribution in [-0.4, -0.2) is 49.1 Å². The van der Waals surface area contributed by atoms with Crippen LogP contribution in [0.3, 0.4) is 0 Å². The Morgan fingerprint density at radius 3 is 2.83 bits per heavy atom. The molecule has 2 fully saturated rings. The van der Waals surface area contributed by atoms with Crippen molar-refractivity contribution in [2.24, 2.45) is 0 Å². The van der Waals surface area contributed by atoms with Crippen LogP contribution in [0.1, 0.15) is 45.4 Å². The molecule has 1 amide bonds. The van der Waals surface area contributed by atoms with E-state index in [9.17, 15) is 4.79 Å². The summed E-state index contributed by atoms with van der Waals surface area (Å²) in [6.45, 7) is 5.91. The van der Waals surface area contributed by atoms with Crippen molar-refractivity contribution in [2.75, 3.05) is 26.2 Å². The highest BCUT2D eigenvalue weighted by molar-refractivity contribution is 5.75. The summed E-state index contributed by atoms with van der Waals surface area (Å²) in [4.78, 5) is 14.0. The first kappa shape index (κ1) is 13.8. The van der Waals surface area contributed by atoms with Crippen molar-refractivity contribution in [2.45, 2.75) is 57.5 Å². The maximum atomic E-state index is 11.5. The summed E-state index contributed by atoms with van der Waals surface area (Å²) >= 11 is 0. The number of carbonyl (C=O) groups excluding carboxylic acids is 1. The number of nitrogens with one attached hydrogen (secondary N) is 2. The molecule has 1 saturated heterocycles. The summed E-state index contributed by atoms with van der Waals surface area (Å²) in [5.41, 5.74) is 0. The van der Waals surface area contributed by atoms with Gasteiger partial charge in [0.05, 0.1) is 0 Å². The quantitative estimate of drug-likeness (QED) is 0.714. The molecule has 0 aromatic heterocycles. The van der Waals surface area contributed by atoms with Gasteiger partial charge in [0.1, 0.15) is 0 Å². The first-order valence-corrected chi connectivity index (χ1v) is 7.53. The Morgan fingerprint density at radius 1 is 1.28 bits per heavy atom. The third-order valence-electron chi connectivity index (χ3n) is 3.97. The summed E-state index contributed by atoms with van der Waals surface area (Å²) < 4.78 is 0. The fraction of sp³-hybridized carbons (Fsp3) is 0.929. The first-order chi connectivity index (χ1) is 8.79. The van der Waals surface area contributed by atoms with E-state index in [1.807, 2.05) is 6.92 Å². The highest BCUT2D eigenvalue weighted by Gasteiger charge is 2.26. The van der Waals surface area contributed by atoms with Gasteiger partial charge in [-0.15, -0.1) is 0 Å². The second kappa shape index (κ2) is 7.10. The lowest BCUT2D eigenvalue weighted by Crippen LogP contribution is -2.47. The number of amides is 1. The second-order valence-electron chi connectivity index (χ2n) is 5.57. The molecule has 0 spiro atoms. The molecule has 2 rings (SSSR count). The van der Waals surface area contributed by atoms with Crippen molar-refractivity contribution in [1.29, 1.82) is 0 Å². The van der Waals surface area contributed by atoms with Gasteiger partial charge in [0, 0.05) is 38.1 Å². The Labute approximate surface area is 110 Å². The molecule has 4 heteroatoms. The van der Waals surface area contributed by atoms with Crippen LogP contribution >= 0.6 is 0 Å². The van der Waals surface area contributed by atoms with Crippen LogP contribution in [0.15, 0.2) is 0 Å². The molecule has 104 valence electrons. The van der Waals surface area contributed by atoms with E-state index in [4.69, 9.17) is 0 Å². The molecule has 1 aliphatic heterocycles. The number of carbonyl (C=O) groups is 1. The second-order valence-corrected chi connectivity index (χ2v) is 5.57. The topological polar surface area (TPSA) is 44.4 Å². The van der Waals surface area contributed by atoms with E-state index in [1.165, 1.54) is 32.1 Å². The largest absolute Gasteiger partial charge is 0.356 e. The molecule has 4 nitrogen and oxygen atoms in total. The predicted octanol–water partition coefficient (Wildman–Crippen LogP) is 1.12. The van der Waals surface area contributed by atoms with Crippen molar-refractivity contribution in [3.63, 3.8) is 0 Å². The van der Waals surface area contributed by atoms with Gasteiger partial charge in [0.2, 0.25) is 5.91 Å². The fourth-order valence-corrected chi connectivity index (χ4v) is 2.71. The predicted molar refractivity (Wildman–Crippen MR) is 73.5 cm³/mol. The van der Waals surface area contributed by atoms with Gasteiger partial charge in [0.15, 0.2) is 0 Å². The Balaban J connectivity index is 1.70. The number of rotatable bonds is 7. The zero-order valence-electron chi connectivity index (χ0n) is 11.6. The van der Waals surface area contributed by atoms with E-state index < -0.39 is 0 Å². The van der Waals surface area contributed by atoms with Crippen molar-refractivity contribution in [1.82, 2.24) is 15.5 Å². The monoisotopic (exact) mass is 253 g/mol. The van der Waals surface area contributed by atoms with Gasteiger partial charge in [-0.05, 0) is 39.2 Å². The summed E-state index contributed by atoms with van der Waals surface area (Å²) in [5, 5.41) is 6.51. The molecule has 1 unspecified atom stereocenters. The average molecular weight is 253 g/mol. The number of nitrogens with zero attached hydrogens (tertiary/aromatic N) is 1. The normalized spacial score (nSPS) is 25.1. The minimum atomic E-state index is 0.192. The molecular weight excluding hydrogens is 226 g/mol. The van der Waals surface area contributed by atoms with Crippen molar-refractivity contribution in [3.05, 3.63) is 0 Å². The van der Waals surface area contributed by atoms with E-state index in [1.54, 1.807) is 0 Å². The number of likely N-dealkylation sites (tertiary alicyclic amines) is 1. The fourth-order valence-electron chi connectivity index (χ4n) is 2.71. The van der Waals surface area contributed by atoms with Crippen LogP contribution in [0.2, 0.25) is 0 Å². The molecule has 1 heterocycles. The van der Waals surface area contributed by atoms with E-state index in [0.29, 0.717) is 12.5 Å². The zero-order chi connectivity index (χ0) is 12.8. The molecule has 2 N–H and O–H groups in total. The van der Waals surface area contributed by atoms with Crippen LogP contribution in [-0.2, 0) is 4.79 Å². The lowest BCUT2D eigenvalue weighted by Gasteiger charge is -2.35. The Kier molecular flexibility index (Phi) is 5.45. The molecule has 0 radical (unpaired) electrons. The molecule has 1 aliphatic carbocycles. The number of hydrogen-bond acceptors (Lipinski definition) is 3. The molecule has 2 aliphatic rings. The molecule has 1 atom stereocenters. The van der Waals surface area contributed by atoms with Gasteiger partial charge in [-0.3, -0.25) is 9.69 Å². The SMILES string of the molecule is CCNC(=O)CCN1CCCCC1CNC1CC1. The molecule has 0 bridgehead atoms. The third-order valence-corrected chi connectivity index (χ3v) is 3.97. The van der Waals surface area contributed by atoms with Crippen molar-refractivity contribution in [3.8, 4) is 0 Å². The highest BCUT2D eigenvalue weighted by Crippen LogP contribution is 2.21. The maximum absolute atomic E-state index is 11.5. The van der Waals surface area contributed by atoms with Crippen LogP contribution in [0.5, 0.6) is 0 Å². The Hall–Kier alpha value is -0.610. The number of hydrogen-bond donors (Lipinski definition) is 2. The van der Waals surface area contributed by atoms with E-state index in [0.717, 1.165) is 32.2 Å².